The van der Waals surface area contributed by atoms with Crippen molar-refractivity contribution < 1.29 is 0 Å². The molecule has 0 fully saturated rings. The van der Waals surface area contributed by atoms with E-state index in [-0.39, 0.29) is 0 Å². The number of para-hydroxylation sites is 2. The van der Waals surface area contributed by atoms with Gasteiger partial charge in [0.25, 0.3) is 0 Å². The molecule has 0 atom stereocenters. The Hall–Kier alpha value is -9.24. The summed E-state index contributed by atoms with van der Waals surface area (Å²) in [6.07, 6.45) is 0. The van der Waals surface area contributed by atoms with Crippen LogP contribution in [-0.2, 0) is 0 Å². The molecule has 0 bridgehead atoms. The van der Waals surface area contributed by atoms with E-state index in [9.17, 15) is 0 Å². The van der Waals surface area contributed by atoms with E-state index in [1.165, 1.54) is 88.3 Å². The molecule has 0 aliphatic rings. The standard InChI is InChI=1S/C70H52N2/c1-49-47-57(39-45-67(49)71(69-33-15-13-29-65(69)53-19-5-3-6-20-53)59-41-35-55(36-42-59)63-31-17-25-51-23-9-11-27-61(51)63)58-40-46-68(50(2)48-58)72(70-34-16-14-30-66(70)54-21-7-4-8-22-54)60-43-37-56(38-44-60)64-32-18-26-52-24-10-12-28-62(52)64/h3-48H,1-2H3. The minimum atomic E-state index is 1.10. The molecule has 12 aromatic rings. The van der Waals surface area contributed by atoms with Gasteiger partial charge in [-0.25, -0.2) is 0 Å². The molecule has 0 unspecified atom stereocenters. The van der Waals surface area contributed by atoms with E-state index in [1.807, 2.05) is 0 Å². The van der Waals surface area contributed by atoms with Crippen molar-refractivity contribution >= 4 is 55.7 Å². The summed E-state index contributed by atoms with van der Waals surface area (Å²) in [6.45, 7) is 4.49. The van der Waals surface area contributed by atoms with E-state index in [2.05, 4.69) is 303 Å². The first-order chi connectivity index (χ1) is 35.6. The van der Waals surface area contributed by atoms with E-state index >= 15 is 0 Å². The second-order valence-electron chi connectivity index (χ2n) is 18.6. The molecule has 12 rings (SSSR count). The van der Waals surface area contributed by atoms with Crippen molar-refractivity contribution in [1.82, 2.24) is 0 Å². The number of hydrogen-bond acceptors (Lipinski definition) is 2. The van der Waals surface area contributed by atoms with Gasteiger partial charge in [-0.2, -0.15) is 0 Å². The predicted molar refractivity (Wildman–Crippen MR) is 307 cm³/mol. The molecule has 2 nitrogen and oxygen atoms in total. The van der Waals surface area contributed by atoms with Crippen molar-refractivity contribution in [2.24, 2.45) is 0 Å². The molecule has 0 heterocycles. The second-order valence-corrected chi connectivity index (χ2v) is 18.6. The Kier molecular flexibility index (Phi) is 11.8. The third kappa shape index (κ3) is 8.40. The molecule has 0 amide bonds. The molecule has 342 valence electrons. The maximum Gasteiger partial charge on any atom is 0.0540 e. The molecule has 0 saturated heterocycles. The van der Waals surface area contributed by atoms with Crippen LogP contribution in [0.3, 0.4) is 0 Å². The van der Waals surface area contributed by atoms with E-state index in [1.54, 1.807) is 0 Å². The minimum Gasteiger partial charge on any atom is -0.310 e. The van der Waals surface area contributed by atoms with Gasteiger partial charge in [-0.05, 0) is 152 Å². The molecule has 0 aliphatic carbocycles. The molecule has 0 spiro atoms. The van der Waals surface area contributed by atoms with Crippen LogP contribution in [0.25, 0.3) is 77.2 Å². The summed E-state index contributed by atoms with van der Waals surface area (Å²) >= 11 is 0. The predicted octanol–water partition coefficient (Wildman–Crippen LogP) is 19.9. The zero-order valence-electron chi connectivity index (χ0n) is 40.5. The average Bonchev–Trinajstić information content (AvgIpc) is 3.45. The van der Waals surface area contributed by atoms with Crippen LogP contribution in [0, 0.1) is 13.8 Å². The van der Waals surface area contributed by atoms with E-state index in [0.29, 0.717) is 0 Å². The molecular formula is C70H52N2. The normalized spacial score (nSPS) is 11.2. The van der Waals surface area contributed by atoms with Crippen molar-refractivity contribution in [3.8, 4) is 55.6 Å². The Balaban J connectivity index is 0.934. The fraction of sp³-hybridized carbons (Fsp3) is 0.0286. The molecule has 0 radical (unpaired) electrons. The highest BCUT2D eigenvalue weighted by Crippen LogP contribution is 2.46. The Morgan fingerprint density at radius 2 is 0.542 bits per heavy atom. The number of fused-ring (bicyclic) bond motifs is 2. The number of aryl methyl sites for hydroxylation is 2. The first kappa shape index (κ1) is 44.0. The summed E-state index contributed by atoms with van der Waals surface area (Å²) in [5, 5.41) is 4.99. The Morgan fingerprint density at radius 3 is 0.958 bits per heavy atom. The SMILES string of the molecule is Cc1cc(-c2ccc(N(c3ccc(-c4cccc5ccccc45)cc3)c3ccccc3-c3ccccc3)c(C)c2)ccc1N(c1ccc(-c2cccc3ccccc23)cc1)c1ccccc1-c1ccccc1. The molecular weight excluding hydrogens is 869 g/mol. The molecule has 0 N–H and O–H groups in total. The quantitative estimate of drug-likeness (QED) is 0.128. The number of nitrogens with zero attached hydrogens (tertiary/aromatic N) is 2. The zero-order chi connectivity index (χ0) is 48.4. The first-order valence-corrected chi connectivity index (χ1v) is 24.8. The first-order valence-electron chi connectivity index (χ1n) is 24.8. The smallest absolute Gasteiger partial charge is 0.0540 e. The van der Waals surface area contributed by atoms with Crippen molar-refractivity contribution in [1.29, 1.82) is 0 Å². The summed E-state index contributed by atoms with van der Waals surface area (Å²) < 4.78 is 0. The van der Waals surface area contributed by atoms with Gasteiger partial charge in [-0.1, -0.05) is 218 Å². The van der Waals surface area contributed by atoms with Crippen LogP contribution < -0.4 is 9.80 Å². The van der Waals surface area contributed by atoms with E-state index < -0.39 is 0 Å². The van der Waals surface area contributed by atoms with Gasteiger partial charge in [-0.3, -0.25) is 0 Å². The van der Waals surface area contributed by atoms with Gasteiger partial charge in [0.15, 0.2) is 0 Å². The van der Waals surface area contributed by atoms with Crippen LogP contribution in [0.1, 0.15) is 11.1 Å². The maximum atomic E-state index is 2.43. The lowest BCUT2D eigenvalue weighted by Crippen LogP contribution is -2.13. The van der Waals surface area contributed by atoms with Crippen LogP contribution in [0.4, 0.5) is 34.1 Å². The van der Waals surface area contributed by atoms with Crippen molar-refractivity contribution in [2.75, 3.05) is 9.80 Å². The Labute approximate surface area is 423 Å². The second kappa shape index (κ2) is 19.3. The third-order valence-electron chi connectivity index (χ3n) is 14.1. The van der Waals surface area contributed by atoms with E-state index in [4.69, 9.17) is 0 Å². The average molecular weight is 921 g/mol. The van der Waals surface area contributed by atoms with Gasteiger partial charge in [0.2, 0.25) is 0 Å². The monoisotopic (exact) mass is 920 g/mol. The summed E-state index contributed by atoms with van der Waals surface area (Å²) in [7, 11) is 0. The van der Waals surface area contributed by atoms with Gasteiger partial charge in [-0.15, -0.1) is 0 Å². The lowest BCUT2D eigenvalue weighted by atomic mass is 9.96. The Bertz CT molecular complexity index is 3610. The maximum absolute atomic E-state index is 2.43. The molecule has 0 saturated carbocycles. The van der Waals surface area contributed by atoms with Gasteiger partial charge in [0.1, 0.15) is 0 Å². The number of hydrogen-bond donors (Lipinski definition) is 0. The molecule has 12 aromatic carbocycles. The molecule has 0 aliphatic heterocycles. The topological polar surface area (TPSA) is 6.48 Å². The van der Waals surface area contributed by atoms with Crippen molar-refractivity contribution in [3.63, 3.8) is 0 Å². The summed E-state index contributed by atoms with van der Waals surface area (Å²) in [5.41, 5.74) is 21.0. The summed E-state index contributed by atoms with van der Waals surface area (Å²) in [4.78, 5) is 4.85. The zero-order valence-corrected chi connectivity index (χ0v) is 40.5. The highest BCUT2D eigenvalue weighted by atomic mass is 15.2. The summed E-state index contributed by atoms with van der Waals surface area (Å²) in [6, 6.07) is 101. The lowest BCUT2D eigenvalue weighted by Gasteiger charge is -2.30. The highest BCUT2D eigenvalue weighted by Gasteiger charge is 2.22. The molecule has 2 heteroatoms. The van der Waals surface area contributed by atoms with Crippen LogP contribution in [0.5, 0.6) is 0 Å². The third-order valence-corrected chi connectivity index (χ3v) is 14.1. The largest absolute Gasteiger partial charge is 0.310 e. The number of anilines is 6. The van der Waals surface area contributed by atoms with Crippen LogP contribution >= 0.6 is 0 Å². The number of benzene rings is 12. The fourth-order valence-electron chi connectivity index (χ4n) is 10.6. The van der Waals surface area contributed by atoms with Gasteiger partial charge in [0.05, 0.1) is 11.4 Å². The number of rotatable bonds is 11. The van der Waals surface area contributed by atoms with Crippen LogP contribution in [-0.4, -0.2) is 0 Å². The van der Waals surface area contributed by atoms with E-state index in [0.717, 1.165) is 34.1 Å². The fourth-order valence-corrected chi connectivity index (χ4v) is 10.6. The van der Waals surface area contributed by atoms with Crippen LogP contribution in [0.15, 0.2) is 279 Å². The Morgan fingerprint density at radius 1 is 0.222 bits per heavy atom. The molecule has 72 heavy (non-hydrogen) atoms. The molecule has 0 aromatic heterocycles. The highest BCUT2D eigenvalue weighted by molar-refractivity contribution is 5.99. The van der Waals surface area contributed by atoms with Gasteiger partial charge >= 0.3 is 0 Å². The summed E-state index contributed by atoms with van der Waals surface area (Å²) in [5.74, 6) is 0. The van der Waals surface area contributed by atoms with Gasteiger partial charge < -0.3 is 9.80 Å². The van der Waals surface area contributed by atoms with Crippen molar-refractivity contribution in [2.45, 2.75) is 13.8 Å². The van der Waals surface area contributed by atoms with Gasteiger partial charge in [0, 0.05) is 33.9 Å². The minimum absolute atomic E-state index is 1.10. The van der Waals surface area contributed by atoms with Crippen molar-refractivity contribution in [3.05, 3.63) is 290 Å². The van der Waals surface area contributed by atoms with Crippen LogP contribution in [0.2, 0.25) is 0 Å². The lowest BCUT2D eigenvalue weighted by molar-refractivity contribution is 1.24.